The molecule has 23 heavy (non-hydrogen) atoms. The molecular formula is C19H26N4. The molecule has 0 N–H and O–H groups in total. The highest BCUT2D eigenvalue weighted by molar-refractivity contribution is 5.60. The predicted molar refractivity (Wildman–Crippen MR) is 92.6 cm³/mol. The first kappa shape index (κ1) is 14.7. The molecule has 4 rings (SSSR count). The number of rotatable bonds is 3. The average molecular weight is 310 g/mol. The highest BCUT2D eigenvalue weighted by Crippen LogP contribution is 2.45. The minimum atomic E-state index is 0.272. The van der Waals surface area contributed by atoms with Gasteiger partial charge in [-0.05, 0) is 36.3 Å². The maximum Gasteiger partial charge on any atom is 0.102 e. The lowest BCUT2D eigenvalue weighted by Gasteiger charge is -2.28. The van der Waals surface area contributed by atoms with Crippen molar-refractivity contribution in [2.24, 2.45) is 5.41 Å². The van der Waals surface area contributed by atoms with Crippen LogP contribution in [0.5, 0.6) is 0 Å². The molecule has 1 saturated carbocycles. The average Bonchev–Trinajstić information content (AvgIpc) is 3.03. The molecule has 1 aromatic heterocycles. The van der Waals surface area contributed by atoms with E-state index in [1.54, 1.807) is 0 Å². The SMILES string of the molecule is CC(C)(C)C1CN(Cc2cn(C3CCC3)nn2)c2ccccc21. The van der Waals surface area contributed by atoms with Crippen LogP contribution >= 0.6 is 0 Å². The minimum Gasteiger partial charge on any atom is -0.365 e. The second-order valence-corrected chi connectivity index (χ2v) is 8.13. The predicted octanol–water partition coefficient (Wildman–Crippen LogP) is 4.15. The van der Waals surface area contributed by atoms with Gasteiger partial charge in [0.1, 0.15) is 5.69 Å². The van der Waals surface area contributed by atoms with Crippen molar-refractivity contribution < 1.29 is 0 Å². The van der Waals surface area contributed by atoms with E-state index in [2.05, 4.69) is 71.1 Å². The topological polar surface area (TPSA) is 34.0 Å². The van der Waals surface area contributed by atoms with Crippen LogP contribution in [0.3, 0.4) is 0 Å². The normalized spacial score (nSPS) is 21.3. The molecule has 2 aliphatic rings. The van der Waals surface area contributed by atoms with E-state index in [0.717, 1.165) is 18.8 Å². The molecule has 1 aromatic carbocycles. The van der Waals surface area contributed by atoms with Gasteiger partial charge in [0.05, 0.1) is 18.8 Å². The third-order valence-electron chi connectivity index (χ3n) is 5.46. The molecule has 1 fully saturated rings. The van der Waals surface area contributed by atoms with Crippen molar-refractivity contribution in [1.29, 1.82) is 0 Å². The van der Waals surface area contributed by atoms with Crippen molar-refractivity contribution in [2.75, 3.05) is 11.4 Å². The highest BCUT2D eigenvalue weighted by atomic mass is 15.4. The van der Waals surface area contributed by atoms with Gasteiger partial charge in [0.15, 0.2) is 0 Å². The van der Waals surface area contributed by atoms with Gasteiger partial charge in [-0.25, -0.2) is 4.68 Å². The Morgan fingerprint density at radius 1 is 1.17 bits per heavy atom. The lowest BCUT2D eigenvalue weighted by molar-refractivity contribution is 0.284. The summed E-state index contributed by atoms with van der Waals surface area (Å²) in [5.41, 5.74) is 4.20. The Morgan fingerprint density at radius 3 is 2.65 bits per heavy atom. The third kappa shape index (κ3) is 2.64. The number of fused-ring (bicyclic) bond motifs is 1. The summed E-state index contributed by atoms with van der Waals surface area (Å²) in [6.45, 7) is 8.94. The van der Waals surface area contributed by atoms with Gasteiger partial charge < -0.3 is 4.90 Å². The maximum atomic E-state index is 4.41. The summed E-state index contributed by atoms with van der Waals surface area (Å²) < 4.78 is 2.07. The van der Waals surface area contributed by atoms with Crippen LogP contribution in [0, 0.1) is 5.41 Å². The van der Waals surface area contributed by atoms with Crippen LogP contribution in [-0.4, -0.2) is 21.5 Å². The molecule has 4 heteroatoms. The fourth-order valence-corrected chi connectivity index (χ4v) is 3.79. The van der Waals surface area contributed by atoms with Gasteiger partial charge in [0.25, 0.3) is 0 Å². The first-order chi connectivity index (χ1) is 11.0. The van der Waals surface area contributed by atoms with Gasteiger partial charge in [0, 0.05) is 18.2 Å². The minimum absolute atomic E-state index is 0.272. The van der Waals surface area contributed by atoms with E-state index in [0.29, 0.717) is 12.0 Å². The van der Waals surface area contributed by atoms with Crippen molar-refractivity contribution in [1.82, 2.24) is 15.0 Å². The second-order valence-electron chi connectivity index (χ2n) is 8.13. The van der Waals surface area contributed by atoms with E-state index in [1.165, 1.54) is 30.5 Å². The molecule has 0 amide bonds. The zero-order chi connectivity index (χ0) is 16.0. The summed E-state index contributed by atoms with van der Waals surface area (Å²) in [6, 6.07) is 9.42. The summed E-state index contributed by atoms with van der Waals surface area (Å²) >= 11 is 0. The summed E-state index contributed by atoms with van der Waals surface area (Å²) in [4.78, 5) is 2.47. The third-order valence-corrected chi connectivity index (χ3v) is 5.46. The Labute approximate surface area is 138 Å². The van der Waals surface area contributed by atoms with E-state index in [1.807, 2.05) is 0 Å². The van der Waals surface area contributed by atoms with Crippen molar-refractivity contribution in [3.8, 4) is 0 Å². The van der Waals surface area contributed by atoms with Crippen LogP contribution in [0.4, 0.5) is 5.69 Å². The lowest BCUT2D eigenvalue weighted by atomic mass is 9.78. The molecular weight excluding hydrogens is 284 g/mol. The standard InChI is InChI=1S/C19H26N4/c1-19(2,3)17-13-22(18-10-5-4-9-16(17)18)11-14-12-23(21-20-14)15-7-6-8-15/h4-5,9-10,12,15,17H,6-8,11,13H2,1-3H3. The molecule has 2 aromatic rings. The number of aromatic nitrogens is 3. The van der Waals surface area contributed by atoms with Crippen LogP contribution in [0.25, 0.3) is 0 Å². The smallest absolute Gasteiger partial charge is 0.102 e. The van der Waals surface area contributed by atoms with Gasteiger partial charge in [-0.3, -0.25) is 0 Å². The van der Waals surface area contributed by atoms with Gasteiger partial charge in [-0.1, -0.05) is 44.2 Å². The Balaban J connectivity index is 1.56. The Hall–Kier alpha value is -1.84. The van der Waals surface area contributed by atoms with E-state index in [-0.39, 0.29) is 5.41 Å². The molecule has 1 atom stereocenters. The van der Waals surface area contributed by atoms with Gasteiger partial charge >= 0.3 is 0 Å². The zero-order valence-corrected chi connectivity index (χ0v) is 14.4. The number of nitrogens with zero attached hydrogens (tertiary/aromatic N) is 4. The van der Waals surface area contributed by atoms with Crippen LogP contribution in [0.2, 0.25) is 0 Å². The van der Waals surface area contributed by atoms with Crippen LogP contribution in [-0.2, 0) is 6.54 Å². The molecule has 1 aliphatic carbocycles. The van der Waals surface area contributed by atoms with Crippen LogP contribution in [0.15, 0.2) is 30.5 Å². The largest absolute Gasteiger partial charge is 0.365 e. The molecule has 0 bridgehead atoms. The molecule has 122 valence electrons. The molecule has 0 saturated heterocycles. The summed E-state index contributed by atoms with van der Waals surface area (Å²) in [6.07, 6.45) is 5.98. The fourth-order valence-electron chi connectivity index (χ4n) is 3.79. The number of hydrogen-bond donors (Lipinski definition) is 0. The molecule has 0 radical (unpaired) electrons. The van der Waals surface area contributed by atoms with E-state index < -0.39 is 0 Å². The summed E-state index contributed by atoms with van der Waals surface area (Å²) in [5, 5.41) is 8.76. The first-order valence-corrected chi connectivity index (χ1v) is 8.77. The van der Waals surface area contributed by atoms with Crippen molar-refractivity contribution in [3.05, 3.63) is 41.7 Å². The quantitative estimate of drug-likeness (QED) is 0.854. The van der Waals surface area contributed by atoms with Crippen molar-refractivity contribution >= 4 is 5.69 Å². The molecule has 4 nitrogen and oxygen atoms in total. The van der Waals surface area contributed by atoms with E-state index >= 15 is 0 Å². The Bertz CT molecular complexity index is 693. The monoisotopic (exact) mass is 310 g/mol. The van der Waals surface area contributed by atoms with Crippen molar-refractivity contribution in [2.45, 2.75) is 58.5 Å². The van der Waals surface area contributed by atoms with Gasteiger partial charge in [-0.2, -0.15) is 0 Å². The van der Waals surface area contributed by atoms with Crippen LogP contribution in [0.1, 0.15) is 63.3 Å². The van der Waals surface area contributed by atoms with E-state index in [4.69, 9.17) is 0 Å². The maximum absolute atomic E-state index is 4.41. The highest BCUT2D eigenvalue weighted by Gasteiger charge is 2.36. The van der Waals surface area contributed by atoms with Gasteiger partial charge in [0.2, 0.25) is 0 Å². The van der Waals surface area contributed by atoms with Gasteiger partial charge in [-0.15, -0.1) is 5.10 Å². The molecule has 1 unspecified atom stereocenters. The molecule has 0 spiro atoms. The Kier molecular flexibility index (Phi) is 3.43. The van der Waals surface area contributed by atoms with Crippen molar-refractivity contribution in [3.63, 3.8) is 0 Å². The first-order valence-electron chi connectivity index (χ1n) is 8.77. The van der Waals surface area contributed by atoms with Crippen LogP contribution < -0.4 is 4.90 Å². The van der Waals surface area contributed by atoms with E-state index in [9.17, 15) is 0 Å². The summed E-state index contributed by atoms with van der Waals surface area (Å²) in [7, 11) is 0. The Morgan fingerprint density at radius 2 is 1.96 bits per heavy atom. The number of para-hydroxylation sites is 1. The zero-order valence-electron chi connectivity index (χ0n) is 14.4. The summed E-state index contributed by atoms with van der Waals surface area (Å²) in [5.74, 6) is 0.570. The fraction of sp³-hybridized carbons (Fsp3) is 0.579. The number of hydrogen-bond acceptors (Lipinski definition) is 3. The second kappa shape index (κ2) is 5.36. The lowest BCUT2D eigenvalue weighted by Crippen LogP contribution is -2.26. The number of anilines is 1. The number of benzene rings is 1. The molecule has 2 heterocycles. The molecule has 1 aliphatic heterocycles.